The van der Waals surface area contributed by atoms with Gasteiger partial charge in [-0.05, 0) is 48.4 Å². The monoisotopic (exact) mass is 422 g/mol. The van der Waals surface area contributed by atoms with Crippen molar-refractivity contribution >= 4 is 28.2 Å². The maximum Gasteiger partial charge on any atom is 0.261 e. The Kier molecular flexibility index (Phi) is 6.31. The van der Waals surface area contributed by atoms with E-state index >= 15 is 0 Å². The molecule has 8 heteroatoms. The second kappa shape index (κ2) is 9.30. The number of H-pyrrole nitrogens is 1. The van der Waals surface area contributed by atoms with Gasteiger partial charge in [0.15, 0.2) is 0 Å². The van der Waals surface area contributed by atoms with Crippen LogP contribution in [0.3, 0.4) is 0 Å². The second-order valence-corrected chi connectivity index (χ2v) is 7.52. The summed E-state index contributed by atoms with van der Waals surface area (Å²) >= 11 is 0. The number of aliphatic hydroxyl groups excluding tert-OH is 1. The first-order valence-corrected chi connectivity index (χ1v) is 10.3. The lowest BCUT2D eigenvalue weighted by Gasteiger charge is -2.26. The quantitative estimate of drug-likeness (QED) is 0.504. The molecule has 4 N–H and O–H groups in total. The number of hydrogen-bond acceptors (Lipinski definition) is 6. The smallest absolute Gasteiger partial charge is 0.261 e. The Labute approximate surface area is 179 Å². The Morgan fingerprint density at radius 3 is 2.65 bits per heavy atom. The topological polar surface area (TPSA) is 107 Å². The van der Waals surface area contributed by atoms with Crippen LogP contribution in [-0.4, -0.2) is 54.2 Å². The van der Waals surface area contributed by atoms with E-state index in [0.717, 1.165) is 29.6 Å². The van der Waals surface area contributed by atoms with Crippen LogP contribution in [0.2, 0.25) is 0 Å². The number of aromatic nitrogens is 1. The van der Waals surface area contributed by atoms with E-state index in [1.165, 1.54) is 0 Å². The summed E-state index contributed by atoms with van der Waals surface area (Å²) in [6, 6.07) is 14.1. The van der Waals surface area contributed by atoms with Crippen molar-refractivity contribution in [2.75, 3.05) is 44.0 Å². The van der Waals surface area contributed by atoms with Crippen LogP contribution in [0.4, 0.5) is 11.4 Å². The number of rotatable bonds is 5. The summed E-state index contributed by atoms with van der Waals surface area (Å²) in [5, 5.41) is 17.2. The van der Waals surface area contributed by atoms with Crippen molar-refractivity contribution in [2.45, 2.75) is 12.6 Å². The molecule has 1 amide bonds. The maximum absolute atomic E-state index is 12.7. The van der Waals surface area contributed by atoms with E-state index < -0.39 is 17.7 Å². The summed E-state index contributed by atoms with van der Waals surface area (Å²) in [4.78, 5) is 29.8. The molecule has 1 unspecified atom stereocenters. The maximum atomic E-state index is 12.7. The summed E-state index contributed by atoms with van der Waals surface area (Å²) in [7, 11) is 1.81. The first-order chi connectivity index (χ1) is 15.0. The Bertz CT molecular complexity index is 1120. The Morgan fingerprint density at radius 2 is 1.87 bits per heavy atom. The average molecular weight is 422 g/mol. The fraction of sp³-hybridized carbons (Fsp3) is 0.304. The van der Waals surface area contributed by atoms with Gasteiger partial charge in [0.25, 0.3) is 11.5 Å². The molecule has 1 fully saturated rings. The van der Waals surface area contributed by atoms with Crippen molar-refractivity contribution < 1.29 is 14.6 Å². The van der Waals surface area contributed by atoms with Gasteiger partial charge < -0.3 is 25.5 Å². The normalized spacial score (nSPS) is 15.9. The van der Waals surface area contributed by atoms with Crippen LogP contribution in [0.25, 0.3) is 10.9 Å². The lowest BCUT2D eigenvalue weighted by Crippen LogP contribution is -2.31. The number of aromatic amines is 1. The van der Waals surface area contributed by atoms with Crippen molar-refractivity contribution in [3.8, 4) is 0 Å². The van der Waals surface area contributed by atoms with Crippen LogP contribution < -0.4 is 16.2 Å². The molecule has 1 aromatic heterocycles. The fourth-order valence-electron chi connectivity index (χ4n) is 3.69. The van der Waals surface area contributed by atoms with Crippen LogP contribution in [0.15, 0.2) is 53.3 Å². The molecule has 0 saturated carbocycles. The minimum atomic E-state index is -0.726. The molecule has 162 valence electrons. The minimum Gasteiger partial charge on any atom is -0.388 e. The summed E-state index contributed by atoms with van der Waals surface area (Å²) < 4.78 is 5.43. The molecule has 1 aliphatic rings. The van der Waals surface area contributed by atoms with E-state index in [1.54, 1.807) is 36.4 Å². The highest BCUT2D eigenvalue weighted by atomic mass is 16.5. The molecular weight excluding hydrogens is 396 g/mol. The lowest BCUT2D eigenvalue weighted by molar-refractivity contribution is 0.000556. The molecule has 3 aromatic rings. The molecule has 1 aliphatic heterocycles. The van der Waals surface area contributed by atoms with Gasteiger partial charge in [-0.3, -0.25) is 14.5 Å². The molecule has 0 aliphatic carbocycles. The zero-order valence-corrected chi connectivity index (χ0v) is 17.4. The summed E-state index contributed by atoms with van der Waals surface area (Å²) in [6.07, 6.45) is 0.151. The zero-order chi connectivity index (χ0) is 21.8. The van der Waals surface area contributed by atoms with Gasteiger partial charge in [0.1, 0.15) is 11.8 Å². The lowest BCUT2D eigenvalue weighted by atomic mass is 10.1. The SMILES string of the molecule is CNc1ccc2[nH]c(=O)c(C(=O)Nc3ccc(C(O)N4CCCOCC4)cc3)cc2c1. The number of aliphatic hydroxyl groups is 1. The predicted octanol–water partition coefficient (Wildman–Crippen LogP) is 2.54. The van der Waals surface area contributed by atoms with Gasteiger partial charge in [0.2, 0.25) is 0 Å². The van der Waals surface area contributed by atoms with E-state index in [9.17, 15) is 14.7 Å². The largest absolute Gasteiger partial charge is 0.388 e. The van der Waals surface area contributed by atoms with Crippen molar-refractivity contribution in [3.05, 3.63) is 70.0 Å². The number of fused-ring (bicyclic) bond motifs is 1. The molecule has 1 saturated heterocycles. The highest BCUT2D eigenvalue weighted by Gasteiger charge is 2.19. The number of ether oxygens (including phenoxy) is 1. The second-order valence-electron chi connectivity index (χ2n) is 7.52. The molecule has 1 atom stereocenters. The number of nitrogens with zero attached hydrogens (tertiary/aromatic N) is 1. The number of amides is 1. The van der Waals surface area contributed by atoms with Gasteiger partial charge >= 0.3 is 0 Å². The van der Waals surface area contributed by atoms with Crippen molar-refractivity contribution in [1.82, 2.24) is 9.88 Å². The highest BCUT2D eigenvalue weighted by Crippen LogP contribution is 2.22. The third-order valence-electron chi connectivity index (χ3n) is 5.45. The van der Waals surface area contributed by atoms with Gasteiger partial charge in [-0.25, -0.2) is 0 Å². The number of anilines is 2. The Hall–Kier alpha value is -3.20. The van der Waals surface area contributed by atoms with E-state index in [4.69, 9.17) is 4.74 Å². The third kappa shape index (κ3) is 4.77. The molecule has 2 aromatic carbocycles. The Balaban J connectivity index is 1.49. The van der Waals surface area contributed by atoms with Crippen molar-refractivity contribution in [2.24, 2.45) is 0 Å². The number of hydrogen-bond donors (Lipinski definition) is 4. The highest BCUT2D eigenvalue weighted by molar-refractivity contribution is 6.05. The number of nitrogens with one attached hydrogen (secondary N) is 3. The molecule has 0 bridgehead atoms. The van der Waals surface area contributed by atoms with Crippen LogP contribution in [0.5, 0.6) is 0 Å². The molecule has 0 radical (unpaired) electrons. The van der Waals surface area contributed by atoms with Gasteiger partial charge in [-0.2, -0.15) is 0 Å². The number of pyridine rings is 1. The van der Waals surface area contributed by atoms with E-state index in [-0.39, 0.29) is 5.56 Å². The standard InChI is InChI=1S/C23H26N4O4/c1-24-18-7-8-20-16(13-18)14-19(22(29)26-20)21(28)25-17-5-3-15(4-6-17)23(30)27-9-2-11-31-12-10-27/h3-8,13-14,23-24,30H,2,9-12H2,1H3,(H,25,28)(H,26,29). The molecule has 0 spiro atoms. The average Bonchev–Trinajstić information content (AvgIpc) is 3.08. The zero-order valence-electron chi connectivity index (χ0n) is 17.4. The molecular formula is C23H26N4O4. The molecule has 2 heterocycles. The first-order valence-electron chi connectivity index (χ1n) is 10.3. The third-order valence-corrected chi connectivity index (χ3v) is 5.45. The van der Waals surface area contributed by atoms with Crippen LogP contribution in [-0.2, 0) is 4.74 Å². The summed E-state index contributed by atoms with van der Waals surface area (Å²) in [6.45, 7) is 2.74. The number of carbonyl (C=O) groups excluding carboxylic acids is 1. The fourth-order valence-corrected chi connectivity index (χ4v) is 3.69. The van der Waals surface area contributed by atoms with Crippen molar-refractivity contribution in [3.63, 3.8) is 0 Å². The van der Waals surface area contributed by atoms with Gasteiger partial charge in [-0.1, -0.05) is 12.1 Å². The van der Waals surface area contributed by atoms with Crippen LogP contribution >= 0.6 is 0 Å². The minimum absolute atomic E-state index is 0.0365. The van der Waals surface area contributed by atoms with E-state index in [1.807, 2.05) is 24.1 Å². The van der Waals surface area contributed by atoms with E-state index in [0.29, 0.717) is 31.0 Å². The number of carbonyl (C=O) groups is 1. The molecule has 4 rings (SSSR count). The predicted molar refractivity (Wildman–Crippen MR) is 120 cm³/mol. The number of benzene rings is 2. The molecule has 31 heavy (non-hydrogen) atoms. The van der Waals surface area contributed by atoms with Crippen LogP contribution in [0.1, 0.15) is 28.6 Å². The van der Waals surface area contributed by atoms with Crippen molar-refractivity contribution in [1.29, 1.82) is 0 Å². The molecule has 8 nitrogen and oxygen atoms in total. The van der Waals surface area contributed by atoms with Crippen LogP contribution in [0, 0.1) is 0 Å². The Morgan fingerprint density at radius 1 is 1.10 bits per heavy atom. The summed E-state index contributed by atoms with van der Waals surface area (Å²) in [5.74, 6) is -0.490. The van der Waals surface area contributed by atoms with Gasteiger partial charge in [0, 0.05) is 49.0 Å². The van der Waals surface area contributed by atoms with Gasteiger partial charge in [-0.15, -0.1) is 0 Å². The van der Waals surface area contributed by atoms with Gasteiger partial charge in [0.05, 0.1) is 6.61 Å². The summed E-state index contributed by atoms with van der Waals surface area (Å²) in [5.41, 5.74) is 2.42. The first kappa shape index (κ1) is 21.0. The van der Waals surface area contributed by atoms with E-state index in [2.05, 4.69) is 15.6 Å².